The van der Waals surface area contributed by atoms with E-state index in [1.807, 2.05) is 18.3 Å². The number of hydrogen-bond donors (Lipinski definition) is 0. The van der Waals surface area contributed by atoms with Crippen LogP contribution in [0.25, 0.3) is 0 Å². The van der Waals surface area contributed by atoms with Gasteiger partial charge in [0.1, 0.15) is 11.6 Å². The Bertz CT molecular complexity index is 755. The van der Waals surface area contributed by atoms with E-state index in [9.17, 15) is 0 Å². The SMILES string of the molecule is CC(c1ccc(Cl)cc1OCCCN(C)C)c1nccn1CCN1CCCCC1. The van der Waals surface area contributed by atoms with Crippen LogP contribution in [0.2, 0.25) is 5.02 Å². The quantitative estimate of drug-likeness (QED) is 0.532. The highest BCUT2D eigenvalue weighted by Gasteiger charge is 2.19. The normalized spacial score (nSPS) is 16.3. The number of halogens is 1. The zero-order valence-corrected chi connectivity index (χ0v) is 18.9. The minimum absolute atomic E-state index is 0.146. The van der Waals surface area contributed by atoms with Crippen LogP contribution in [0.1, 0.15) is 49.9 Å². The Morgan fingerprint density at radius 1 is 1.17 bits per heavy atom. The Kier molecular flexibility index (Phi) is 8.40. The Morgan fingerprint density at radius 3 is 2.72 bits per heavy atom. The van der Waals surface area contributed by atoms with E-state index >= 15 is 0 Å². The number of ether oxygens (including phenoxy) is 1. The maximum atomic E-state index is 6.26. The third-order valence-corrected chi connectivity index (χ3v) is 5.93. The molecule has 0 aliphatic carbocycles. The Balaban J connectivity index is 1.68. The second-order valence-electron chi connectivity index (χ2n) is 8.29. The van der Waals surface area contributed by atoms with Crippen molar-refractivity contribution in [1.82, 2.24) is 19.4 Å². The van der Waals surface area contributed by atoms with E-state index in [0.717, 1.165) is 43.2 Å². The lowest BCUT2D eigenvalue weighted by atomic mass is 9.99. The average molecular weight is 419 g/mol. The van der Waals surface area contributed by atoms with Crippen molar-refractivity contribution in [2.75, 3.05) is 46.9 Å². The predicted octanol–water partition coefficient (Wildman–Crippen LogP) is 4.50. The van der Waals surface area contributed by atoms with Gasteiger partial charge in [0.2, 0.25) is 0 Å². The first-order valence-electron chi connectivity index (χ1n) is 10.8. The van der Waals surface area contributed by atoms with E-state index in [1.165, 1.54) is 32.4 Å². The number of hydrogen-bond acceptors (Lipinski definition) is 4. The highest BCUT2D eigenvalue weighted by atomic mass is 35.5. The minimum Gasteiger partial charge on any atom is -0.493 e. The van der Waals surface area contributed by atoms with Crippen LogP contribution in [-0.4, -0.2) is 66.2 Å². The van der Waals surface area contributed by atoms with Crippen molar-refractivity contribution in [1.29, 1.82) is 0 Å². The molecule has 2 heterocycles. The zero-order valence-electron chi connectivity index (χ0n) is 18.1. The number of piperidine rings is 1. The Morgan fingerprint density at radius 2 is 1.97 bits per heavy atom. The lowest BCUT2D eigenvalue weighted by Crippen LogP contribution is -2.32. The third kappa shape index (κ3) is 6.46. The van der Waals surface area contributed by atoms with Gasteiger partial charge in [-0.25, -0.2) is 4.98 Å². The fourth-order valence-corrected chi connectivity index (χ4v) is 4.18. The third-order valence-electron chi connectivity index (χ3n) is 5.69. The predicted molar refractivity (Wildman–Crippen MR) is 120 cm³/mol. The second-order valence-corrected chi connectivity index (χ2v) is 8.73. The van der Waals surface area contributed by atoms with E-state index in [0.29, 0.717) is 11.6 Å². The number of benzene rings is 1. The van der Waals surface area contributed by atoms with Gasteiger partial charge >= 0.3 is 0 Å². The summed E-state index contributed by atoms with van der Waals surface area (Å²) < 4.78 is 8.42. The maximum absolute atomic E-state index is 6.26. The van der Waals surface area contributed by atoms with E-state index in [2.05, 4.69) is 52.6 Å². The molecule has 1 aliphatic rings. The van der Waals surface area contributed by atoms with Crippen LogP contribution in [0.4, 0.5) is 0 Å². The van der Waals surface area contributed by atoms with Crippen LogP contribution in [0.5, 0.6) is 5.75 Å². The molecule has 6 heteroatoms. The summed E-state index contributed by atoms with van der Waals surface area (Å²) in [6, 6.07) is 5.96. The molecule has 0 bridgehead atoms. The molecular weight excluding hydrogens is 384 g/mol. The van der Waals surface area contributed by atoms with Crippen LogP contribution in [0.3, 0.4) is 0 Å². The van der Waals surface area contributed by atoms with Crippen molar-refractivity contribution in [2.45, 2.75) is 45.1 Å². The van der Waals surface area contributed by atoms with Crippen LogP contribution in [-0.2, 0) is 6.54 Å². The van der Waals surface area contributed by atoms with Crippen LogP contribution in [0, 0.1) is 0 Å². The lowest BCUT2D eigenvalue weighted by molar-refractivity contribution is 0.220. The van der Waals surface area contributed by atoms with Crippen molar-refractivity contribution < 1.29 is 4.74 Å². The largest absolute Gasteiger partial charge is 0.493 e. The lowest BCUT2D eigenvalue weighted by Gasteiger charge is -2.27. The van der Waals surface area contributed by atoms with Gasteiger partial charge in [0.25, 0.3) is 0 Å². The van der Waals surface area contributed by atoms with Gasteiger partial charge < -0.3 is 19.1 Å². The van der Waals surface area contributed by atoms with E-state index in [4.69, 9.17) is 16.3 Å². The topological polar surface area (TPSA) is 33.5 Å². The van der Waals surface area contributed by atoms with Gasteiger partial charge in [-0.3, -0.25) is 0 Å². The summed E-state index contributed by atoms with van der Waals surface area (Å²) in [6.07, 6.45) is 9.02. The first-order chi connectivity index (χ1) is 14.0. The monoisotopic (exact) mass is 418 g/mol. The second kappa shape index (κ2) is 11.0. The average Bonchev–Trinajstić information content (AvgIpc) is 3.18. The number of aromatic nitrogens is 2. The van der Waals surface area contributed by atoms with Crippen molar-refractivity contribution in [3.63, 3.8) is 0 Å². The van der Waals surface area contributed by atoms with Crippen molar-refractivity contribution in [3.8, 4) is 5.75 Å². The van der Waals surface area contributed by atoms with Crippen LogP contribution in [0.15, 0.2) is 30.6 Å². The number of imidazole rings is 1. The first kappa shape index (κ1) is 22.1. The van der Waals surface area contributed by atoms with Gasteiger partial charge in [-0.05, 0) is 58.6 Å². The first-order valence-corrected chi connectivity index (χ1v) is 11.2. The summed E-state index contributed by atoms with van der Waals surface area (Å²) in [5.41, 5.74) is 1.14. The molecule has 5 nitrogen and oxygen atoms in total. The molecule has 0 spiro atoms. The van der Waals surface area contributed by atoms with Gasteiger partial charge in [-0.2, -0.15) is 0 Å². The van der Waals surface area contributed by atoms with E-state index in [-0.39, 0.29) is 5.92 Å². The summed E-state index contributed by atoms with van der Waals surface area (Å²) in [5, 5.41) is 0.706. The molecule has 1 unspecified atom stereocenters. The summed E-state index contributed by atoms with van der Waals surface area (Å²) in [5.74, 6) is 2.10. The van der Waals surface area contributed by atoms with Gasteiger partial charge in [0.15, 0.2) is 0 Å². The van der Waals surface area contributed by atoms with Gasteiger partial charge in [-0.15, -0.1) is 0 Å². The smallest absolute Gasteiger partial charge is 0.124 e. The van der Waals surface area contributed by atoms with Crippen LogP contribution < -0.4 is 4.74 Å². The molecule has 1 saturated heterocycles. The van der Waals surface area contributed by atoms with Gasteiger partial charge in [-0.1, -0.05) is 31.0 Å². The van der Waals surface area contributed by atoms with Crippen molar-refractivity contribution in [3.05, 3.63) is 47.0 Å². The molecule has 0 radical (unpaired) electrons. The molecule has 1 aliphatic heterocycles. The highest BCUT2D eigenvalue weighted by Crippen LogP contribution is 2.33. The molecule has 0 amide bonds. The molecular formula is C23H35ClN4O. The summed E-state index contributed by atoms with van der Waals surface area (Å²) in [4.78, 5) is 9.43. The molecule has 1 aromatic heterocycles. The van der Waals surface area contributed by atoms with Crippen molar-refractivity contribution >= 4 is 11.6 Å². The molecule has 1 fully saturated rings. The fraction of sp³-hybridized carbons (Fsp3) is 0.609. The molecule has 29 heavy (non-hydrogen) atoms. The van der Waals surface area contributed by atoms with E-state index in [1.54, 1.807) is 0 Å². The molecule has 2 aromatic rings. The number of likely N-dealkylation sites (tertiary alicyclic amines) is 1. The molecule has 3 rings (SSSR count). The molecule has 160 valence electrons. The minimum atomic E-state index is 0.146. The Labute approximate surface area is 180 Å². The van der Waals surface area contributed by atoms with Gasteiger partial charge in [0.05, 0.1) is 6.61 Å². The highest BCUT2D eigenvalue weighted by molar-refractivity contribution is 6.30. The molecule has 1 atom stereocenters. The summed E-state index contributed by atoms with van der Waals surface area (Å²) in [7, 11) is 4.16. The van der Waals surface area contributed by atoms with Gasteiger partial charge in [0, 0.05) is 48.5 Å². The maximum Gasteiger partial charge on any atom is 0.124 e. The molecule has 1 aromatic carbocycles. The Hall–Kier alpha value is -1.56. The van der Waals surface area contributed by atoms with Crippen molar-refractivity contribution in [2.24, 2.45) is 0 Å². The zero-order chi connectivity index (χ0) is 20.6. The molecule has 0 saturated carbocycles. The number of nitrogens with zero attached hydrogens (tertiary/aromatic N) is 4. The summed E-state index contributed by atoms with van der Waals surface area (Å²) in [6.45, 7) is 8.41. The fourth-order valence-electron chi connectivity index (χ4n) is 4.02. The standard InChI is InChI=1S/C23H35ClN4O/c1-19(21-9-8-20(24)18-22(21)29-17-7-11-26(2)3)23-25-10-14-28(23)16-15-27-12-5-4-6-13-27/h8-10,14,18-19H,4-7,11-13,15-17H2,1-3H3. The summed E-state index contributed by atoms with van der Waals surface area (Å²) >= 11 is 6.26. The molecule has 0 N–H and O–H groups in total. The van der Waals surface area contributed by atoms with Crippen LogP contribution >= 0.6 is 11.6 Å². The van der Waals surface area contributed by atoms with E-state index < -0.39 is 0 Å². The number of rotatable bonds is 10.